The lowest BCUT2D eigenvalue weighted by molar-refractivity contribution is 0.0680. The van der Waals surface area contributed by atoms with E-state index in [1.165, 1.54) is 10.6 Å². The van der Waals surface area contributed by atoms with Crippen molar-refractivity contribution in [2.75, 3.05) is 13.1 Å². The van der Waals surface area contributed by atoms with Crippen LogP contribution >= 0.6 is 0 Å². The number of rotatable bonds is 1. The molecule has 3 rings (SSSR count). The van der Waals surface area contributed by atoms with Gasteiger partial charge in [0.1, 0.15) is 11.2 Å². The number of amides is 1. The van der Waals surface area contributed by atoms with Crippen LogP contribution in [0.25, 0.3) is 5.65 Å². The maximum absolute atomic E-state index is 12.6. The first kappa shape index (κ1) is 13.8. The number of pyridine rings is 1. The number of nitrogens with zero attached hydrogens (tertiary/aromatic N) is 3. The topological polar surface area (TPSA) is 54.7 Å². The Morgan fingerprint density at radius 2 is 2.19 bits per heavy atom. The van der Waals surface area contributed by atoms with Crippen molar-refractivity contribution < 1.29 is 4.79 Å². The molecule has 1 atom stereocenters. The zero-order valence-corrected chi connectivity index (χ0v) is 12.4. The highest BCUT2D eigenvalue weighted by molar-refractivity contribution is 5.93. The lowest BCUT2D eigenvalue weighted by atomic mass is 10.00. The number of piperidine rings is 1. The minimum atomic E-state index is -0.285. The van der Waals surface area contributed by atoms with Crippen LogP contribution in [0.1, 0.15) is 35.7 Å². The van der Waals surface area contributed by atoms with E-state index in [-0.39, 0.29) is 17.0 Å². The molecule has 5 nitrogen and oxygen atoms in total. The summed E-state index contributed by atoms with van der Waals surface area (Å²) in [6.07, 6.45) is 5.27. The van der Waals surface area contributed by atoms with Crippen molar-refractivity contribution in [2.24, 2.45) is 5.92 Å². The van der Waals surface area contributed by atoms with Crippen molar-refractivity contribution in [2.45, 2.75) is 26.7 Å². The highest BCUT2D eigenvalue weighted by atomic mass is 16.2. The van der Waals surface area contributed by atoms with Crippen molar-refractivity contribution in [1.82, 2.24) is 14.3 Å². The second-order valence-corrected chi connectivity index (χ2v) is 5.91. The zero-order valence-electron chi connectivity index (χ0n) is 12.4. The molecule has 1 fully saturated rings. The molecular weight excluding hydrogens is 266 g/mol. The van der Waals surface area contributed by atoms with Gasteiger partial charge in [-0.05, 0) is 37.3 Å². The van der Waals surface area contributed by atoms with Crippen LogP contribution < -0.4 is 5.56 Å². The van der Waals surface area contributed by atoms with Crippen molar-refractivity contribution >= 4 is 11.6 Å². The minimum Gasteiger partial charge on any atom is -0.338 e. The third kappa shape index (κ3) is 2.55. The predicted molar refractivity (Wildman–Crippen MR) is 80.5 cm³/mol. The van der Waals surface area contributed by atoms with Crippen LogP contribution in [-0.4, -0.2) is 33.3 Å². The van der Waals surface area contributed by atoms with Gasteiger partial charge in [-0.15, -0.1) is 0 Å². The molecule has 5 heteroatoms. The molecule has 0 N–H and O–H groups in total. The van der Waals surface area contributed by atoms with Gasteiger partial charge in [0.05, 0.1) is 0 Å². The predicted octanol–water partition coefficient (Wildman–Crippen LogP) is 1.88. The van der Waals surface area contributed by atoms with Gasteiger partial charge in [-0.1, -0.05) is 13.0 Å². The summed E-state index contributed by atoms with van der Waals surface area (Å²) in [4.78, 5) is 31.1. The summed E-state index contributed by atoms with van der Waals surface area (Å²) in [6, 6.07) is 3.68. The summed E-state index contributed by atoms with van der Waals surface area (Å²) < 4.78 is 1.45. The van der Waals surface area contributed by atoms with Gasteiger partial charge in [0.2, 0.25) is 0 Å². The number of hydrogen-bond donors (Lipinski definition) is 0. The molecule has 2 aromatic heterocycles. The van der Waals surface area contributed by atoms with Crippen LogP contribution in [-0.2, 0) is 0 Å². The van der Waals surface area contributed by atoms with Gasteiger partial charge in [-0.2, -0.15) is 0 Å². The average molecular weight is 285 g/mol. The summed E-state index contributed by atoms with van der Waals surface area (Å²) in [5.41, 5.74) is 1.40. The largest absolute Gasteiger partial charge is 0.338 e. The molecule has 1 amide bonds. The lowest BCUT2D eigenvalue weighted by Crippen LogP contribution is -2.41. The van der Waals surface area contributed by atoms with E-state index in [9.17, 15) is 9.59 Å². The molecule has 110 valence electrons. The van der Waals surface area contributed by atoms with Crippen molar-refractivity contribution in [3.63, 3.8) is 0 Å². The Hall–Kier alpha value is -2.17. The minimum absolute atomic E-state index is 0.159. The summed E-state index contributed by atoms with van der Waals surface area (Å²) in [5, 5.41) is 0. The summed E-state index contributed by atoms with van der Waals surface area (Å²) in [6.45, 7) is 5.48. The molecule has 1 unspecified atom stereocenters. The van der Waals surface area contributed by atoms with Gasteiger partial charge in [-0.25, -0.2) is 4.98 Å². The fourth-order valence-corrected chi connectivity index (χ4v) is 2.87. The highest BCUT2D eigenvalue weighted by Crippen LogP contribution is 2.17. The number of likely N-dealkylation sites (tertiary alicyclic amines) is 1. The number of carbonyl (C=O) groups is 1. The third-order valence-electron chi connectivity index (χ3n) is 4.02. The Balaban J connectivity index is 2.02. The van der Waals surface area contributed by atoms with E-state index in [1.807, 2.05) is 13.0 Å². The Morgan fingerprint density at radius 1 is 1.38 bits per heavy atom. The van der Waals surface area contributed by atoms with Crippen LogP contribution in [0.5, 0.6) is 0 Å². The summed E-state index contributed by atoms with van der Waals surface area (Å²) >= 11 is 0. The molecule has 0 aliphatic carbocycles. The van der Waals surface area contributed by atoms with Gasteiger partial charge in [0, 0.05) is 25.5 Å². The molecule has 0 radical (unpaired) electrons. The van der Waals surface area contributed by atoms with Crippen LogP contribution in [0, 0.1) is 12.8 Å². The van der Waals surface area contributed by atoms with Crippen LogP contribution in [0.2, 0.25) is 0 Å². The molecule has 1 aliphatic heterocycles. The van der Waals surface area contributed by atoms with Gasteiger partial charge in [-0.3, -0.25) is 14.0 Å². The molecule has 0 saturated carbocycles. The molecule has 3 heterocycles. The van der Waals surface area contributed by atoms with Gasteiger partial charge >= 0.3 is 0 Å². The second kappa shape index (κ2) is 5.31. The standard InChI is InChI=1S/C16H19N3O2/c1-11-4-3-7-18(9-11)15(20)13-8-17-14-6-5-12(2)10-19(14)16(13)21/h5-6,8,10-11H,3-4,7,9H2,1-2H3. The van der Waals surface area contributed by atoms with E-state index >= 15 is 0 Å². The van der Waals surface area contributed by atoms with Crippen molar-refractivity contribution in [3.8, 4) is 0 Å². The monoisotopic (exact) mass is 285 g/mol. The number of aryl methyl sites for hydroxylation is 1. The van der Waals surface area contributed by atoms with E-state index in [0.717, 1.165) is 31.5 Å². The quantitative estimate of drug-likeness (QED) is 0.804. The normalized spacial score (nSPS) is 19.0. The fourth-order valence-electron chi connectivity index (χ4n) is 2.87. The molecule has 0 bridgehead atoms. The fraction of sp³-hybridized carbons (Fsp3) is 0.438. The number of carbonyl (C=O) groups excluding carboxylic acids is 1. The maximum Gasteiger partial charge on any atom is 0.270 e. The van der Waals surface area contributed by atoms with E-state index < -0.39 is 0 Å². The molecule has 0 aromatic carbocycles. The van der Waals surface area contributed by atoms with Gasteiger partial charge < -0.3 is 4.90 Å². The van der Waals surface area contributed by atoms with Crippen LogP contribution in [0.15, 0.2) is 29.3 Å². The molecular formula is C16H19N3O2. The van der Waals surface area contributed by atoms with E-state index in [1.54, 1.807) is 17.2 Å². The lowest BCUT2D eigenvalue weighted by Gasteiger charge is -2.30. The number of hydrogen-bond acceptors (Lipinski definition) is 3. The first-order valence-electron chi connectivity index (χ1n) is 7.33. The van der Waals surface area contributed by atoms with Crippen molar-refractivity contribution in [3.05, 3.63) is 46.0 Å². The SMILES string of the molecule is Cc1ccc2ncc(C(=O)N3CCCC(C)C3)c(=O)n2c1. The third-order valence-corrected chi connectivity index (χ3v) is 4.02. The van der Waals surface area contributed by atoms with E-state index in [0.29, 0.717) is 11.6 Å². The Kier molecular flexibility index (Phi) is 3.49. The van der Waals surface area contributed by atoms with Crippen LogP contribution in [0.3, 0.4) is 0 Å². The molecule has 2 aromatic rings. The average Bonchev–Trinajstić information content (AvgIpc) is 2.47. The molecule has 1 saturated heterocycles. The second-order valence-electron chi connectivity index (χ2n) is 5.91. The molecule has 1 aliphatic rings. The highest BCUT2D eigenvalue weighted by Gasteiger charge is 2.24. The number of aromatic nitrogens is 2. The van der Waals surface area contributed by atoms with Gasteiger partial charge in [0.15, 0.2) is 0 Å². The smallest absolute Gasteiger partial charge is 0.270 e. The van der Waals surface area contributed by atoms with Crippen LogP contribution in [0.4, 0.5) is 0 Å². The molecule has 0 spiro atoms. The molecule has 21 heavy (non-hydrogen) atoms. The number of fused-ring (bicyclic) bond motifs is 1. The van der Waals surface area contributed by atoms with E-state index in [4.69, 9.17) is 0 Å². The van der Waals surface area contributed by atoms with Gasteiger partial charge in [0.25, 0.3) is 11.5 Å². The zero-order chi connectivity index (χ0) is 15.0. The Bertz CT molecular complexity index is 751. The summed E-state index contributed by atoms with van der Waals surface area (Å²) in [5.74, 6) is 0.288. The maximum atomic E-state index is 12.6. The Labute approximate surface area is 123 Å². The Morgan fingerprint density at radius 3 is 2.95 bits per heavy atom. The first-order valence-corrected chi connectivity index (χ1v) is 7.33. The summed E-state index contributed by atoms with van der Waals surface area (Å²) in [7, 11) is 0. The first-order chi connectivity index (χ1) is 10.1. The van der Waals surface area contributed by atoms with E-state index in [2.05, 4.69) is 11.9 Å². The van der Waals surface area contributed by atoms with Crippen molar-refractivity contribution in [1.29, 1.82) is 0 Å².